The number of alkyl halides is 1. The number of ether oxygens (including phenoxy) is 1. The topological polar surface area (TPSA) is 22.1 Å². The highest BCUT2D eigenvalue weighted by Gasteiger charge is 2.20. The number of nitrogens with zero attached hydrogens (tertiary/aromatic N) is 1. The van der Waals surface area contributed by atoms with Gasteiger partial charge >= 0.3 is 0 Å². The summed E-state index contributed by atoms with van der Waals surface area (Å²) < 4.78 is 5.85. The Hall–Kier alpha value is -0.470. The molecule has 0 unspecified atom stereocenters. The van der Waals surface area contributed by atoms with Crippen LogP contribution < -0.4 is 4.74 Å². The Morgan fingerprint density at radius 2 is 2.06 bits per heavy atom. The fraction of sp³-hybridized carbons (Fsp3) is 0.615. The third-order valence-electron chi connectivity index (χ3n) is 3.26. The number of hydrogen-bond donors (Lipinski definition) is 0. The Morgan fingerprint density at radius 1 is 1.35 bits per heavy atom. The molecule has 1 saturated carbocycles. The molecule has 0 radical (unpaired) electrons. The van der Waals surface area contributed by atoms with Gasteiger partial charge in [-0.05, 0) is 43.2 Å². The molecule has 0 aliphatic heterocycles. The molecule has 1 aliphatic rings. The van der Waals surface area contributed by atoms with Gasteiger partial charge < -0.3 is 4.74 Å². The Kier molecular flexibility index (Phi) is 4.52. The Bertz CT molecular complexity index is 376. The summed E-state index contributed by atoms with van der Waals surface area (Å²) in [5, 5.41) is 0.557. The standard InChI is InChI=1S/C13H17Cl2NO/c1-9-2-4-11(5-3-9)17-13-12(15)6-10(7-14)8-16-13/h6,8-9,11H,2-5,7H2,1H3. The molecule has 1 aromatic rings. The molecule has 0 saturated heterocycles. The van der Waals surface area contributed by atoms with E-state index in [1.54, 1.807) is 6.20 Å². The zero-order valence-corrected chi connectivity index (χ0v) is 11.5. The minimum absolute atomic E-state index is 0.262. The molecular weight excluding hydrogens is 257 g/mol. The monoisotopic (exact) mass is 273 g/mol. The minimum Gasteiger partial charge on any atom is -0.473 e. The van der Waals surface area contributed by atoms with E-state index < -0.39 is 0 Å². The molecule has 0 aromatic carbocycles. The summed E-state index contributed by atoms with van der Waals surface area (Å²) in [6, 6.07) is 1.82. The van der Waals surface area contributed by atoms with Gasteiger partial charge in [-0.3, -0.25) is 0 Å². The lowest BCUT2D eigenvalue weighted by atomic mass is 9.89. The normalized spacial score (nSPS) is 24.6. The Morgan fingerprint density at radius 3 is 2.65 bits per heavy atom. The van der Waals surface area contributed by atoms with Crippen LogP contribution >= 0.6 is 23.2 Å². The molecular formula is C13H17Cl2NO. The molecule has 1 fully saturated rings. The smallest absolute Gasteiger partial charge is 0.232 e. The van der Waals surface area contributed by atoms with Crippen molar-refractivity contribution >= 4 is 23.2 Å². The van der Waals surface area contributed by atoms with E-state index in [0.29, 0.717) is 16.8 Å². The quantitative estimate of drug-likeness (QED) is 0.760. The van der Waals surface area contributed by atoms with Crippen LogP contribution in [0.3, 0.4) is 0 Å². The van der Waals surface area contributed by atoms with Gasteiger partial charge in [-0.25, -0.2) is 4.98 Å². The highest BCUT2D eigenvalue weighted by atomic mass is 35.5. The van der Waals surface area contributed by atoms with Gasteiger partial charge in [0.05, 0.1) is 0 Å². The molecule has 94 valence electrons. The van der Waals surface area contributed by atoms with Crippen molar-refractivity contribution in [1.82, 2.24) is 4.98 Å². The summed E-state index contributed by atoms with van der Waals surface area (Å²) >= 11 is 11.8. The van der Waals surface area contributed by atoms with E-state index in [2.05, 4.69) is 11.9 Å². The Balaban J connectivity index is 1.99. The van der Waals surface area contributed by atoms with E-state index in [-0.39, 0.29) is 6.10 Å². The second-order valence-electron chi connectivity index (χ2n) is 4.76. The molecule has 1 aliphatic carbocycles. The van der Waals surface area contributed by atoms with Gasteiger partial charge in [-0.1, -0.05) is 18.5 Å². The molecule has 0 spiro atoms. The largest absolute Gasteiger partial charge is 0.473 e. The van der Waals surface area contributed by atoms with Gasteiger partial charge in [0.2, 0.25) is 5.88 Å². The lowest BCUT2D eigenvalue weighted by Crippen LogP contribution is -2.23. The molecule has 0 atom stereocenters. The van der Waals surface area contributed by atoms with Crippen LogP contribution in [0.2, 0.25) is 5.02 Å². The van der Waals surface area contributed by atoms with Gasteiger partial charge in [-0.15, -0.1) is 11.6 Å². The molecule has 0 N–H and O–H groups in total. The first-order valence-electron chi connectivity index (χ1n) is 6.06. The first kappa shape index (κ1) is 13.0. The van der Waals surface area contributed by atoms with E-state index in [1.807, 2.05) is 6.07 Å². The van der Waals surface area contributed by atoms with Gasteiger partial charge in [0.1, 0.15) is 11.1 Å². The van der Waals surface area contributed by atoms with Crippen molar-refractivity contribution in [2.24, 2.45) is 5.92 Å². The Labute approximate surface area is 112 Å². The van der Waals surface area contributed by atoms with Crippen molar-refractivity contribution < 1.29 is 4.74 Å². The van der Waals surface area contributed by atoms with Crippen molar-refractivity contribution in [1.29, 1.82) is 0 Å². The molecule has 0 bridgehead atoms. The molecule has 0 amide bonds. The molecule has 4 heteroatoms. The third kappa shape index (κ3) is 3.49. The van der Waals surface area contributed by atoms with E-state index in [4.69, 9.17) is 27.9 Å². The first-order chi connectivity index (χ1) is 8.19. The number of halogens is 2. The average Bonchev–Trinajstić information content (AvgIpc) is 2.34. The second-order valence-corrected chi connectivity index (χ2v) is 5.44. The molecule has 17 heavy (non-hydrogen) atoms. The summed E-state index contributed by atoms with van der Waals surface area (Å²) in [4.78, 5) is 4.22. The van der Waals surface area contributed by atoms with Crippen LogP contribution in [0.5, 0.6) is 5.88 Å². The number of hydrogen-bond acceptors (Lipinski definition) is 2. The first-order valence-corrected chi connectivity index (χ1v) is 6.97. The zero-order valence-electron chi connectivity index (χ0n) is 9.96. The van der Waals surface area contributed by atoms with Crippen LogP contribution in [0.1, 0.15) is 38.2 Å². The van der Waals surface area contributed by atoms with Crippen molar-refractivity contribution in [3.05, 3.63) is 22.8 Å². The predicted octanol–water partition coefficient (Wildman–Crippen LogP) is 4.43. The molecule has 2 rings (SSSR count). The van der Waals surface area contributed by atoms with Crippen molar-refractivity contribution in [3.8, 4) is 5.88 Å². The predicted molar refractivity (Wildman–Crippen MR) is 70.9 cm³/mol. The lowest BCUT2D eigenvalue weighted by molar-refractivity contribution is 0.130. The summed E-state index contributed by atoms with van der Waals surface area (Å²) in [6.07, 6.45) is 6.62. The van der Waals surface area contributed by atoms with E-state index >= 15 is 0 Å². The maximum Gasteiger partial charge on any atom is 0.232 e. The summed E-state index contributed by atoms with van der Waals surface area (Å²) in [6.45, 7) is 2.29. The number of rotatable bonds is 3. The van der Waals surface area contributed by atoms with Crippen molar-refractivity contribution in [2.75, 3.05) is 0 Å². The fourth-order valence-electron chi connectivity index (χ4n) is 2.13. The lowest BCUT2D eigenvalue weighted by Gasteiger charge is -2.26. The van der Waals surface area contributed by atoms with Crippen molar-refractivity contribution in [3.63, 3.8) is 0 Å². The van der Waals surface area contributed by atoms with Crippen LogP contribution in [0, 0.1) is 5.92 Å². The van der Waals surface area contributed by atoms with Crippen molar-refractivity contribution in [2.45, 2.75) is 44.6 Å². The van der Waals surface area contributed by atoms with E-state index in [0.717, 1.165) is 24.3 Å². The van der Waals surface area contributed by atoms with Crippen LogP contribution in [0.25, 0.3) is 0 Å². The molecule has 1 heterocycles. The second kappa shape index (κ2) is 5.92. The van der Waals surface area contributed by atoms with Gasteiger partial charge in [-0.2, -0.15) is 0 Å². The molecule has 1 aromatic heterocycles. The highest BCUT2D eigenvalue weighted by Crippen LogP contribution is 2.30. The van der Waals surface area contributed by atoms with Crippen LogP contribution in [-0.4, -0.2) is 11.1 Å². The van der Waals surface area contributed by atoms with Gasteiger partial charge in [0.15, 0.2) is 0 Å². The van der Waals surface area contributed by atoms with Crippen LogP contribution in [0.15, 0.2) is 12.3 Å². The number of pyridine rings is 1. The summed E-state index contributed by atoms with van der Waals surface area (Å²) in [7, 11) is 0. The highest BCUT2D eigenvalue weighted by molar-refractivity contribution is 6.32. The van der Waals surface area contributed by atoms with E-state index in [1.165, 1.54) is 12.8 Å². The average molecular weight is 274 g/mol. The van der Waals surface area contributed by atoms with Gasteiger partial charge in [0, 0.05) is 12.1 Å². The summed E-state index contributed by atoms with van der Waals surface area (Å²) in [5.74, 6) is 1.78. The zero-order chi connectivity index (χ0) is 12.3. The maximum atomic E-state index is 6.11. The molecule has 2 nitrogen and oxygen atoms in total. The van der Waals surface area contributed by atoms with Gasteiger partial charge in [0.25, 0.3) is 0 Å². The number of aromatic nitrogens is 1. The van der Waals surface area contributed by atoms with Crippen LogP contribution in [-0.2, 0) is 5.88 Å². The summed E-state index contributed by atoms with van der Waals surface area (Å²) in [5.41, 5.74) is 0.918. The fourth-order valence-corrected chi connectivity index (χ4v) is 2.51. The third-order valence-corrected chi connectivity index (χ3v) is 3.84. The maximum absolute atomic E-state index is 6.11. The minimum atomic E-state index is 0.262. The van der Waals surface area contributed by atoms with Crippen LogP contribution in [0.4, 0.5) is 0 Å². The van der Waals surface area contributed by atoms with E-state index in [9.17, 15) is 0 Å². The SMILES string of the molecule is CC1CCC(Oc2ncc(CCl)cc2Cl)CC1.